The first-order chi connectivity index (χ1) is 6.35. The number of hydrogen-bond acceptors (Lipinski definition) is 2. The van der Waals surface area contributed by atoms with Crippen molar-refractivity contribution in [2.24, 2.45) is 0 Å². The lowest BCUT2D eigenvalue weighted by Gasteiger charge is -2.16. The van der Waals surface area contributed by atoms with E-state index in [4.69, 9.17) is 0 Å². The van der Waals surface area contributed by atoms with E-state index in [9.17, 15) is 0 Å². The van der Waals surface area contributed by atoms with Gasteiger partial charge in [-0.25, -0.2) is 0 Å². The Kier molecular flexibility index (Phi) is 10.6. The molecule has 0 bridgehead atoms. The molecule has 0 heterocycles. The second-order valence-electron chi connectivity index (χ2n) is 3.47. The van der Waals surface area contributed by atoms with Crippen molar-refractivity contribution in [3.63, 3.8) is 0 Å². The molecule has 0 fully saturated rings. The van der Waals surface area contributed by atoms with Crippen LogP contribution < -0.4 is 5.32 Å². The molecular weight excluding hydrogens is 178 g/mol. The van der Waals surface area contributed by atoms with Crippen LogP contribution in [-0.4, -0.2) is 24.1 Å². The Morgan fingerprint density at radius 2 is 1.92 bits per heavy atom. The molecule has 0 aliphatic carbocycles. The van der Waals surface area contributed by atoms with Gasteiger partial charge in [-0.1, -0.05) is 33.6 Å². The summed E-state index contributed by atoms with van der Waals surface area (Å²) < 4.78 is 0. The minimum atomic E-state index is 0.751. The van der Waals surface area contributed by atoms with Gasteiger partial charge in [0, 0.05) is 11.8 Å². The molecule has 0 radical (unpaired) electrons. The monoisotopic (exact) mass is 203 g/mol. The first-order valence-corrected chi connectivity index (χ1v) is 6.81. The molecule has 2 heteroatoms. The summed E-state index contributed by atoms with van der Waals surface area (Å²) in [6, 6.07) is 0.751. The van der Waals surface area contributed by atoms with Crippen molar-refractivity contribution in [1.82, 2.24) is 5.32 Å². The zero-order valence-electron chi connectivity index (χ0n) is 9.44. The second kappa shape index (κ2) is 10.4. The van der Waals surface area contributed by atoms with Gasteiger partial charge < -0.3 is 5.32 Å². The molecule has 1 nitrogen and oxygen atoms in total. The third-order valence-corrected chi connectivity index (χ3v) is 3.40. The SMILES string of the molecule is CCCCC(CSCCC)NCC. The average Bonchev–Trinajstić information content (AvgIpc) is 2.14. The van der Waals surface area contributed by atoms with E-state index >= 15 is 0 Å². The van der Waals surface area contributed by atoms with Gasteiger partial charge in [0.15, 0.2) is 0 Å². The minimum Gasteiger partial charge on any atom is -0.313 e. The van der Waals surface area contributed by atoms with Gasteiger partial charge in [-0.3, -0.25) is 0 Å². The van der Waals surface area contributed by atoms with Crippen LogP contribution in [0.2, 0.25) is 0 Å². The highest BCUT2D eigenvalue weighted by Crippen LogP contribution is 2.09. The van der Waals surface area contributed by atoms with Crippen LogP contribution in [-0.2, 0) is 0 Å². The van der Waals surface area contributed by atoms with Crippen LogP contribution in [0.1, 0.15) is 46.5 Å². The van der Waals surface area contributed by atoms with Crippen LogP contribution in [0.5, 0.6) is 0 Å². The van der Waals surface area contributed by atoms with Crippen LogP contribution >= 0.6 is 11.8 Å². The summed E-state index contributed by atoms with van der Waals surface area (Å²) in [4.78, 5) is 0. The summed E-state index contributed by atoms with van der Waals surface area (Å²) in [5.41, 5.74) is 0. The molecule has 0 saturated heterocycles. The number of nitrogens with one attached hydrogen (secondary N) is 1. The molecule has 0 aliphatic rings. The zero-order chi connectivity index (χ0) is 9.94. The van der Waals surface area contributed by atoms with E-state index < -0.39 is 0 Å². The quantitative estimate of drug-likeness (QED) is 0.577. The lowest BCUT2D eigenvalue weighted by atomic mass is 10.1. The Morgan fingerprint density at radius 1 is 1.15 bits per heavy atom. The summed E-state index contributed by atoms with van der Waals surface area (Å²) >= 11 is 2.09. The van der Waals surface area contributed by atoms with Gasteiger partial charge in [-0.05, 0) is 25.1 Å². The Hall–Kier alpha value is 0.310. The summed E-state index contributed by atoms with van der Waals surface area (Å²) in [5.74, 6) is 2.61. The van der Waals surface area contributed by atoms with Crippen LogP contribution in [0, 0.1) is 0 Å². The van der Waals surface area contributed by atoms with Crippen LogP contribution in [0.15, 0.2) is 0 Å². The smallest absolute Gasteiger partial charge is 0.0158 e. The predicted molar refractivity (Wildman–Crippen MR) is 64.6 cm³/mol. The maximum absolute atomic E-state index is 3.56. The normalized spacial score (nSPS) is 13.2. The van der Waals surface area contributed by atoms with Crippen molar-refractivity contribution in [2.75, 3.05) is 18.1 Å². The predicted octanol–water partition coefficient (Wildman–Crippen LogP) is 3.30. The third kappa shape index (κ3) is 8.63. The largest absolute Gasteiger partial charge is 0.313 e. The van der Waals surface area contributed by atoms with Crippen LogP contribution in [0.4, 0.5) is 0 Å². The standard InChI is InChI=1S/C11H25NS/c1-4-7-8-11(12-6-3)10-13-9-5-2/h11-12H,4-10H2,1-3H3. The van der Waals surface area contributed by atoms with Crippen molar-refractivity contribution < 1.29 is 0 Å². The molecule has 1 unspecified atom stereocenters. The van der Waals surface area contributed by atoms with Gasteiger partial charge in [0.2, 0.25) is 0 Å². The van der Waals surface area contributed by atoms with E-state index in [1.807, 2.05) is 0 Å². The zero-order valence-corrected chi connectivity index (χ0v) is 10.3. The fourth-order valence-electron chi connectivity index (χ4n) is 1.35. The number of unbranched alkanes of at least 4 members (excludes halogenated alkanes) is 1. The van der Waals surface area contributed by atoms with Crippen LogP contribution in [0.25, 0.3) is 0 Å². The molecule has 0 spiro atoms. The molecule has 13 heavy (non-hydrogen) atoms. The summed E-state index contributed by atoms with van der Waals surface area (Å²) in [5, 5.41) is 3.56. The summed E-state index contributed by atoms with van der Waals surface area (Å²) in [6.45, 7) is 7.83. The molecule has 1 atom stereocenters. The Bertz CT molecular complexity index is 96.1. The molecule has 0 aromatic rings. The van der Waals surface area contributed by atoms with E-state index in [1.54, 1.807) is 0 Å². The second-order valence-corrected chi connectivity index (χ2v) is 4.62. The maximum atomic E-state index is 3.56. The lowest BCUT2D eigenvalue weighted by molar-refractivity contribution is 0.515. The maximum Gasteiger partial charge on any atom is 0.0158 e. The van der Waals surface area contributed by atoms with Crippen molar-refractivity contribution in [2.45, 2.75) is 52.5 Å². The highest BCUT2D eigenvalue weighted by Gasteiger charge is 2.05. The third-order valence-electron chi connectivity index (χ3n) is 2.07. The van der Waals surface area contributed by atoms with E-state index in [0.29, 0.717) is 0 Å². The highest BCUT2D eigenvalue weighted by atomic mass is 32.2. The molecule has 0 amide bonds. The molecule has 0 aromatic heterocycles. The van der Waals surface area contributed by atoms with Crippen molar-refractivity contribution in [3.8, 4) is 0 Å². The molecule has 0 saturated carbocycles. The van der Waals surface area contributed by atoms with Gasteiger partial charge in [0.05, 0.1) is 0 Å². The fourth-order valence-corrected chi connectivity index (χ4v) is 2.38. The fraction of sp³-hybridized carbons (Fsp3) is 1.00. The number of rotatable bonds is 9. The van der Waals surface area contributed by atoms with Gasteiger partial charge >= 0.3 is 0 Å². The van der Waals surface area contributed by atoms with E-state index in [0.717, 1.165) is 12.6 Å². The molecule has 0 aliphatic heterocycles. The first-order valence-electron chi connectivity index (χ1n) is 5.66. The molecular formula is C11H25NS. The number of hydrogen-bond donors (Lipinski definition) is 1. The lowest BCUT2D eigenvalue weighted by Crippen LogP contribution is -2.31. The topological polar surface area (TPSA) is 12.0 Å². The van der Waals surface area contributed by atoms with Crippen molar-refractivity contribution in [3.05, 3.63) is 0 Å². The van der Waals surface area contributed by atoms with Crippen molar-refractivity contribution >= 4 is 11.8 Å². The molecule has 0 rings (SSSR count). The van der Waals surface area contributed by atoms with Gasteiger partial charge in [0.25, 0.3) is 0 Å². The van der Waals surface area contributed by atoms with E-state index in [-0.39, 0.29) is 0 Å². The Morgan fingerprint density at radius 3 is 2.46 bits per heavy atom. The minimum absolute atomic E-state index is 0.751. The molecule has 0 aromatic carbocycles. The summed E-state index contributed by atoms with van der Waals surface area (Å²) in [6.07, 6.45) is 5.34. The number of thioether (sulfide) groups is 1. The van der Waals surface area contributed by atoms with Gasteiger partial charge in [-0.15, -0.1) is 0 Å². The van der Waals surface area contributed by atoms with Gasteiger partial charge in [-0.2, -0.15) is 11.8 Å². The van der Waals surface area contributed by atoms with E-state index in [1.165, 1.54) is 37.2 Å². The molecule has 1 N–H and O–H groups in total. The highest BCUT2D eigenvalue weighted by molar-refractivity contribution is 7.99. The summed E-state index contributed by atoms with van der Waals surface area (Å²) in [7, 11) is 0. The van der Waals surface area contributed by atoms with Crippen molar-refractivity contribution in [1.29, 1.82) is 0 Å². The first kappa shape index (κ1) is 13.3. The Labute approximate surface area is 88.1 Å². The van der Waals surface area contributed by atoms with E-state index in [2.05, 4.69) is 37.8 Å². The molecule has 80 valence electrons. The van der Waals surface area contributed by atoms with Gasteiger partial charge in [0.1, 0.15) is 0 Å². The van der Waals surface area contributed by atoms with Crippen LogP contribution in [0.3, 0.4) is 0 Å². The average molecular weight is 203 g/mol. The Balaban J connectivity index is 3.41.